The molecule has 0 saturated carbocycles. The zero-order chi connectivity index (χ0) is 15.1. The number of hydrogen-bond donors (Lipinski definition) is 0. The Kier molecular flexibility index (Phi) is 4.30. The smallest absolute Gasteiger partial charge is 0.320 e. The number of amides is 2. The highest BCUT2D eigenvalue weighted by Gasteiger charge is 2.49. The van der Waals surface area contributed by atoms with Crippen molar-refractivity contribution in [1.29, 1.82) is 0 Å². The van der Waals surface area contributed by atoms with Crippen LogP contribution in [-0.2, 0) is 0 Å². The summed E-state index contributed by atoms with van der Waals surface area (Å²) in [4.78, 5) is 21.3. The highest BCUT2D eigenvalue weighted by Crippen LogP contribution is 2.34. The Morgan fingerprint density at radius 1 is 1.20 bits per heavy atom. The van der Waals surface area contributed by atoms with Gasteiger partial charge >= 0.3 is 6.03 Å². The lowest BCUT2D eigenvalue weighted by molar-refractivity contribution is 0.147. The average molecular weight is 282 g/mol. The lowest BCUT2D eigenvalue weighted by atomic mass is 9.98. The molecule has 0 N–H and O–H groups in total. The molecule has 2 amide bonds. The Hall–Kier alpha value is -0.810. The van der Waals surface area contributed by atoms with Crippen LogP contribution in [0.5, 0.6) is 0 Å². The number of carbonyl (C=O) groups is 1. The zero-order valence-electron chi connectivity index (χ0n) is 13.9. The molecule has 1 spiro atoms. The van der Waals surface area contributed by atoms with E-state index < -0.39 is 0 Å². The summed E-state index contributed by atoms with van der Waals surface area (Å²) >= 11 is 0. The minimum Gasteiger partial charge on any atom is -0.325 e. The molecule has 0 aliphatic carbocycles. The first-order valence-electron chi connectivity index (χ1n) is 7.74. The SMILES string of the molecule is CC(C)N1CN(C)C2(CCN(C(=O)N(C)C(C)C)C2)C1. The molecular formula is C15H30N4O. The molecule has 5 heteroatoms. The Balaban J connectivity index is 2.03. The number of likely N-dealkylation sites (N-methyl/N-ethyl adjacent to an activating group) is 1. The number of likely N-dealkylation sites (tertiary alicyclic amines) is 1. The Labute approximate surface area is 123 Å². The fraction of sp³-hybridized carbons (Fsp3) is 0.933. The van der Waals surface area contributed by atoms with Crippen LogP contribution >= 0.6 is 0 Å². The second-order valence-corrected chi connectivity index (χ2v) is 7.06. The van der Waals surface area contributed by atoms with Crippen LogP contribution in [0.1, 0.15) is 34.1 Å². The molecule has 5 nitrogen and oxygen atoms in total. The van der Waals surface area contributed by atoms with Crippen molar-refractivity contribution in [2.45, 2.75) is 51.7 Å². The summed E-state index contributed by atoms with van der Waals surface area (Å²) in [5.74, 6) is 0. The second-order valence-electron chi connectivity index (χ2n) is 7.06. The van der Waals surface area contributed by atoms with Gasteiger partial charge in [-0.2, -0.15) is 0 Å². The van der Waals surface area contributed by atoms with Crippen LogP contribution in [0.4, 0.5) is 4.79 Å². The van der Waals surface area contributed by atoms with E-state index in [4.69, 9.17) is 0 Å². The minimum atomic E-state index is 0.164. The van der Waals surface area contributed by atoms with E-state index >= 15 is 0 Å². The van der Waals surface area contributed by atoms with Crippen molar-refractivity contribution in [3.05, 3.63) is 0 Å². The molecule has 2 rings (SSSR count). The summed E-state index contributed by atoms with van der Waals surface area (Å²) in [7, 11) is 4.10. The van der Waals surface area contributed by atoms with Crippen molar-refractivity contribution >= 4 is 6.03 Å². The molecule has 2 aliphatic rings. The van der Waals surface area contributed by atoms with Gasteiger partial charge in [-0.3, -0.25) is 9.80 Å². The van der Waals surface area contributed by atoms with Gasteiger partial charge < -0.3 is 9.80 Å². The summed E-state index contributed by atoms with van der Waals surface area (Å²) < 4.78 is 0. The molecule has 2 fully saturated rings. The summed E-state index contributed by atoms with van der Waals surface area (Å²) in [5.41, 5.74) is 0.164. The van der Waals surface area contributed by atoms with Gasteiger partial charge in [-0.25, -0.2) is 4.79 Å². The number of hydrogen-bond acceptors (Lipinski definition) is 3. The van der Waals surface area contributed by atoms with Crippen molar-refractivity contribution in [1.82, 2.24) is 19.6 Å². The maximum Gasteiger partial charge on any atom is 0.320 e. The monoisotopic (exact) mass is 282 g/mol. The number of urea groups is 1. The highest BCUT2D eigenvalue weighted by molar-refractivity contribution is 5.75. The van der Waals surface area contributed by atoms with Crippen molar-refractivity contribution < 1.29 is 4.79 Å². The Morgan fingerprint density at radius 3 is 2.35 bits per heavy atom. The number of nitrogens with zero attached hydrogens (tertiary/aromatic N) is 4. The molecule has 0 bridgehead atoms. The maximum atomic E-state index is 12.5. The zero-order valence-corrected chi connectivity index (χ0v) is 13.9. The maximum absolute atomic E-state index is 12.5. The summed E-state index contributed by atoms with van der Waals surface area (Å²) in [5, 5.41) is 0. The van der Waals surface area contributed by atoms with Crippen LogP contribution in [0.2, 0.25) is 0 Å². The van der Waals surface area contributed by atoms with Gasteiger partial charge in [-0.05, 0) is 41.2 Å². The molecule has 116 valence electrons. The van der Waals surface area contributed by atoms with Gasteiger partial charge in [0.25, 0.3) is 0 Å². The normalized spacial score (nSPS) is 28.3. The van der Waals surface area contributed by atoms with E-state index in [-0.39, 0.29) is 17.6 Å². The molecule has 1 unspecified atom stereocenters. The summed E-state index contributed by atoms with van der Waals surface area (Å²) in [6.07, 6.45) is 1.09. The van der Waals surface area contributed by atoms with E-state index in [1.54, 1.807) is 0 Å². The van der Waals surface area contributed by atoms with Crippen LogP contribution in [0.15, 0.2) is 0 Å². The first-order chi connectivity index (χ1) is 9.27. The van der Waals surface area contributed by atoms with Crippen LogP contribution < -0.4 is 0 Å². The highest BCUT2D eigenvalue weighted by atomic mass is 16.2. The largest absolute Gasteiger partial charge is 0.325 e. The quantitative estimate of drug-likeness (QED) is 0.769. The minimum absolute atomic E-state index is 0.164. The van der Waals surface area contributed by atoms with E-state index in [1.165, 1.54) is 0 Å². The first kappa shape index (κ1) is 15.6. The average Bonchev–Trinajstić information content (AvgIpc) is 2.94. The van der Waals surface area contributed by atoms with Crippen LogP contribution in [-0.4, -0.2) is 83.7 Å². The molecule has 2 aliphatic heterocycles. The van der Waals surface area contributed by atoms with Crippen LogP contribution in [0.25, 0.3) is 0 Å². The van der Waals surface area contributed by atoms with E-state index in [9.17, 15) is 4.79 Å². The fourth-order valence-electron chi connectivity index (χ4n) is 3.22. The molecule has 2 heterocycles. The Bertz CT molecular complexity index is 371. The van der Waals surface area contributed by atoms with Crippen molar-refractivity contribution in [3.8, 4) is 0 Å². The topological polar surface area (TPSA) is 30.0 Å². The third kappa shape index (κ3) is 2.66. The molecule has 0 radical (unpaired) electrons. The van der Waals surface area contributed by atoms with Gasteiger partial charge in [0.05, 0.1) is 12.2 Å². The summed E-state index contributed by atoms with van der Waals surface area (Å²) in [6.45, 7) is 12.5. The molecule has 2 saturated heterocycles. The standard InChI is InChI=1S/C15H30N4O/c1-12(2)17(6)14(20)18-8-7-15(9-18)10-19(13(3)4)11-16(15)5/h12-13H,7-11H2,1-6H3. The lowest BCUT2D eigenvalue weighted by Gasteiger charge is -2.32. The third-order valence-corrected chi connectivity index (χ3v) is 5.11. The Morgan fingerprint density at radius 2 is 1.85 bits per heavy atom. The van der Waals surface area contributed by atoms with E-state index in [0.29, 0.717) is 6.04 Å². The van der Waals surface area contributed by atoms with E-state index in [2.05, 4.69) is 44.5 Å². The predicted molar refractivity (Wildman–Crippen MR) is 81.7 cm³/mol. The summed E-state index contributed by atoms with van der Waals surface area (Å²) in [6, 6.07) is 1.00. The molecule has 1 atom stereocenters. The van der Waals surface area contributed by atoms with Crippen molar-refractivity contribution in [2.75, 3.05) is 40.4 Å². The number of rotatable bonds is 2. The van der Waals surface area contributed by atoms with Crippen LogP contribution in [0, 0.1) is 0 Å². The second kappa shape index (κ2) is 5.53. The van der Waals surface area contributed by atoms with Gasteiger partial charge in [0, 0.05) is 38.8 Å². The third-order valence-electron chi connectivity index (χ3n) is 5.11. The van der Waals surface area contributed by atoms with Gasteiger partial charge in [0.1, 0.15) is 0 Å². The van der Waals surface area contributed by atoms with Gasteiger partial charge in [-0.15, -0.1) is 0 Å². The molecule has 0 aromatic rings. The van der Waals surface area contributed by atoms with Gasteiger partial charge in [0.2, 0.25) is 0 Å². The number of carbonyl (C=O) groups excluding carboxylic acids is 1. The molecule has 0 aromatic carbocycles. The van der Waals surface area contributed by atoms with Crippen molar-refractivity contribution in [2.24, 2.45) is 0 Å². The predicted octanol–water partition coefficient (Wildman–Crippen LogP) is 1.50. The van der Waals surface area contributed by atoms with E-state index in [1.807, 2.05) is 16.8 Å². The fourth-order valence-corrected chi connectivity index (χ4v) is 3.22. The van der Waals surface area contributed by atoms with Gasteiger partial charge in [-0.1, -0.05) is 0 Å². The van der Waals surface area contributed by atoms with Gasteiger partial charge in [0.15, 0.2) is 0 Å². The lowest BCUT2D eigenvalue weighted by Crippen LogP contribution is -2.49. The molecule has 0 aromatic heterocycles. The molecular weight excluding hydrogens is 252 g/mol. The van der Waals surface area contributed by atoms with Crippen LogP contribution in [0.3, 0.4) is 0 Å². The van der Waals surface area contributed by atoms with Crippen molar-refractivity contribution in [3.63, 3.8) is 0 Å². The first-order valence-corrected chi connectivity index (χ1v) is 7.74. The molecule has 20 heavy (non-hydrogen) atoms. The van der Waals surface area contributed by atoms with E-state index in [0.717, 1.165) is 32.7 Å².